The van der Waals surface area contributed by atoms with Crippen molar-refractivity contribution in [2.45, 2.75) is 0 Å². The van der Waals surface area contributed by atoms with Gasteiger partial charge in [0.25, 0.3) is 0 Å². The number of furan rings is 1. The zero-order chi connectivity index (χ0) is 29.9. The van der Waals surface area contributed by atoms with E-state index < -0.39 is 0 Å². The van der Waals surface area contributed by atoms with Crippen LogP contribution in [0, 0.1) is 0 Å². The van der Waals surface area contributed by atoms with E-state index in [2.05, 4.69) is 154 Å². The van der Waals surface area contributed by atoms with Crippen LogP contribution in [-0.2, 0) is 0 Å². The lowest BCUT2D eigenvalue weighted by Crippen LogP contribution is -2.17. The maximum Gasteiger partial charge on any atom is 0.135 e. The number of para-hydroxylation sites is 6. The number of benzene rings is 7. The van der Waals surface area contributed by atoms with Gasteiger partial charge in [-0.2, -0.15) is 0 Å². The Morgan fingerprint density at radius 3 is 1.93 bits per heavy atom. The van der Waals surface area contributed by atoms with E-state index in [-0.39, 0.29) is 0 Å². The summed E-state index contributed by atoms with van der Waals surface area (Å²) >= 11 is 0. The van der Waals surface area contributed by atoms with E-state index in [1.165, 1.54) is 55.0 Å². The van der Waals surface area contributed by atoms with Crippen molar-refractivity contribution in [1.82, 2.24) is 9.13 Å². The molecule has 1 aliphatic heterocycles. The van der Waals surface area contributed by atoms with Crippen molar-refractivity contribution in [1.29, 1.82) is 0 Å². The maximum atomic E-state index is 6.20. The molecular weight excluding hydrogens is 562 g/mol. The summed E-state index contributed by atoms with van der Waals surface area (Å²) in [4.78, 5) is 2.41. The lowest BCUT2D eigenvalue weighted by atomic mass is 10.1. The normalized spacial score (nSPS) is 12.7. The Labute approximate surface area is 263 Å². The average molecular weight is 588 g/mol. The van der Waals surface area contributed by atoms with Crippen LogP contribution < -0.4 is 4.90 Å². The monoisotopic (exact) mass is 587 g/mol. The molecule has 0 radical (unpaired) electrons. The van der Waals surface area contributed by atoms with Gasteiger partial charge < -0.3 is 18.5 Å². The van der Waals surface area contributed by atoms with Gasteiger partial charge in [0.15, 0.2) is 0 Å². The summed E-state index contributed by atoms with van der Waals surface area (Å²) in [5.74, 6) is 0. The highest BCUT2D eigenvalue weighted by Gasteiger charge is 2.29. The lowest BCUT2D eigenvalue weighted by Gasteiger charge is -2.33. The highest BCUT2D eigenvalue weighted by Crippen LogP contribution is 2.51. The molecule has 4 heterocycles. The molecule has 1 aliphatic rings. The van der Waals surface area contributed by atoms with Gasteiger partial charge in [-0.05, 0) is 72.8 Å². The highest BCUT2D eigenvalue weighted by atomic mass is 16.3. The van der Waals surface area contributed by atoms with Crippen LogP contribution in [0.25, 0.3) is 76.9 Å². The Morgan fingerprint density at radius 1 is 0.348 bits per heavy atom. The minimum atomic E-state index is 0.903. The summed E-state index contributed by atoms with van der Waals surface area (Å²) in [5.41, 5.74) is 12.4. The molecule has 46 heavy (non-hydrogen) atoms. The minimum Gasteiger partial charge on any atom is -0.456 e. The number of aromatic nitrogens is 2. The van der Waals surface area contributed by atoms with Crippen molar-refractivity contribution in [3.05, 3.63) is 152 Å². The minimum absolute atomic E-state index is 0.903. The fourth-order valence-electron chi connectivity index (χ4n) is 7.90. The van der Waals surface area contributed by atoms with Gasteiger partial charge in [-0.1, -0.05) is 78.9 Å². The molecule has 3 aromatic heterocycles. The van der Waals surface area contributed by atoms with E-state index in [1.807, 2.05) is 12.1 Å². The van der Waals surface area contributed by atoms with Crippen LogP contribution >= 0.6 is 0 Å². The Morgan fingerprint density at radius 2 is 1.02 bits per heavy atom. The molecule has 0 spiro atoms. The molecule has 0 unspecified atom stereocenters. The number of hydrogen-bond acceptors (Lipinski definition) is 2. The van der Waals surface area contributed by atoms with E-state index in [0.29, 0.717) is 0 Å². The first-order valence-electron chi connectivity index (χ1n) is 15.7. The third kappa shape index (κ3) is 3.03. The molecule has 0 bridgehead atoms. The molecule has 4 heteroatoms. The van der Waals surface area contributed by atoms with Gasteiger partial charge in [0.05, 0.1) is 39.1 Å². The molecule has 4 nitrogen and oxygen atoms in total. The van der Waals surface area contributed by atoms with Gasteiger partial charge in [0.1, 0.15) is 11.2 Å². The van der Waals surface area contributed by atoms with Crippen molar-refractivity contribution < 1.29 is 4.42 Å². The zero-order valence-electron chi connectivity index (χ0n) is 24.7. The SMILES string of the molecule is c1ccc(-n2c3ccccc3c3cc4c5cccc6c5n(c4cc32)-c2ccccc2N6c2ccc3oc4ccccc4c3c2)cc1. The smallest absolute Gasteiger partial charge is 0.135 e. The molecule has 0 amide bonds. The van der Waals surface area contributed by atoms with E-state index in [1.54, 1.807) is 0 Å². The largest absolute Gasteiger partial charge is 0.456 e. The molecule has 0 N–H and O–H groups in total. The summed E-state index contributed by atoms with van der Waals surface area (Å²) in [6, 6.07) is 54.6. The predicted molar refractivity (Wildman–Crippen MR) is 191 cm³/mol. The summed E-state index contributed by atoms with van der Waals surface area (Å²) in [7, 11) is 0. The van der Waals surface area contributed by atoms with Crippen molar-refractivity contribution in [3.63, 3.8) is 0 Å². The van der Waals surface area contributed by atoms with Crippen LogP contribution in [-0.4, -0.2) is 9.13 Å². The zero-order valence-corrected chi connectivity index (χ0v) is 24.7. The van der Waals surface area contributed by atoms with Crippen molar-refractivity contribution in [3.8, 4) is 11.4 Å². The van der Waals surface area contributed by atoms with Crippen LogP contribution in [0.2, 0.25) is 0 Å². The Balaban J connectivity index is 1.25. The number of nitrogens with zero attached hydrogens (tertiary/aromatic N) is 3. The molecule has 10 aromatic rings. The predicted octanol–water partition coefficient (Wildman–Crippen LogP) is 11.6. The van der Waals surface area contributed by atoms with Crippen LogP contribution in [0.5, 0.6) is 0 Å². The van der Waals surface area contributed by atoms with Gasteiger partial charge >= 0.3 is 0 Å². The Hall–Kier alpha value is -6.26. The van der Waals surface area contributed by atoms with E-state index in [0.717, 1.165) is 39.0 Å². The first-order valence-corrected chi connectivity index (χ1v) is 15.7. The van der Waals surface area contributed by atoms with Crippen LogP contribution in [0.1, 0.15) is 0 Å². The fraction of sp³-hybridized carbons (Fsp3) is 0. The molecule has 0 saturated carbocycles. The third-order valence-corrected chi connectivity index (χ3v) is 9.80. The van der Waals surface area contributed by atoms with Gasteiger partial charge in [0, 0.05) is 43.7 Å². The van der Waals surface area contributed by atoms with Crippen LogP contribution in [0.3, 0.4) is 0 Å². The molecule has 7 aromatic carbocycles. The molecule has 214 valence electrons. The van der Waals surface area contributed by atoms with E-state index in [9.17, 15) is 0 Å². The summed E-state index contributed by atoms with van der Waals surface area (Å²) < 4.78 is 11.1. The lowest BCUT2D eigenvalue weighted by molar-refractivity contribution is 0.669. The van der Waals surface area contributed by atoms with Crippen LogP contribution in [0.15, 0.2) is 156 Å². The number of fused-ring (bicyclic) bond motifs is 11. The number of rotatable bonds is 2. The average Bonchev–Trinajstić information content (AvgIpc) is 3.76. The maximum absolute atomic E-state index is 6.20. The van der Waals surface area contributed by atoms with Crippen molar-refractivity contribution in [2.24, 2.45) is 0 Å². The summed E-state index contributed by atoms with van der Waals surface area (Å²) in [5, 5.41) is 7.29. The molecular formula is C42H25N3O. The Bertz CT molecular complexity index is 2870. The Kier molecular flexibility index (Phi) is 4.55. The van der Waals surface area contributed by atoms with Gasteiger partial charge in [0.2, 0.25) is 0 Å². The fourth-order valence-corrected chi connectivity index (χ4v) is 7.90. The summed E-state index contributed by atoms with van der Waals surface area (Å²) in [6.45, 7) is 0. The third-order valence-electron chi connectivity index (χ3n) is 9.80. The first-order chi connectivity index (χ1) is 22.8. The molecule has 0 atom stereocenters. The first kappa shape index (κ1) is 24.1. The van der Waals surface area contributed by atoms with Gasteiger partial charge in [-0.15, -0.1) is 0 Å². The molecule has 11 rings (SSSR count). The second kappa shape index (κ2) is 8.68. The van der Waals surface area contributed by atoms with Crippen molar-refractivity contribution >= 4 is 82.6 Å². The van der Waals surface area contributed by atoms with Crippen molar-refractivity contribution in [2.75, 3.05) is 4.90 Å². The topological polar surface area (TPSA) is 26.2 Å². The molecule has 0 fully saturated rings. The summed E-state index contributed by atoms with van der Waals surface area (Å²) in [6.07, 6.45) is 0. The highest BCUT2D eigenvalue weighted by molar-refractivity contribution is 6.22. The van der Waals surface area contributed by atoms with Crippen LogP contribution in [0.4, 0.5) is 17.1 Å². The quantitative estimate of drug-likeness (QED) is 0.201. The standard InChI is InChI=1S/C42H25N3O/c1-2-11-26(12-3-1)43-34-16-6-4-13-28(34)31-24-32-30-15-10-19-37-42(30)45(39(32)25-38(31)43)36-18-8-7-17-35(36)44(37)27-21-22-41-33(23-27)29-14-5-9-20-40(29)46-41/h1-25H. The second-order valence-electron chi connectivity index (χ2n) is 12.2. The van der Waals surface area contributed by atoms with Gasteiger partial charge in [-0.3, -0.25) is 0 Å². The number of hydrogen-bond donors (Lipinski definition) is 0. The van der Waals surface area contributed by atoms with E-state index >= 15 is 0 Å². The molecule has 0 aliphatic carbocycles. The molecule has 0 saturated heterocycles. The second-order valence-corrected chi connectivity index (χ2v) is 12.2. The number of anilines is 3. The van der Waals surface area contributed by atoms with Gasteiger partial charge in [-0.25, -0.2) is 0 Å². The van der Waals surface area contributed by atoms with E-state index in [4.69, 9.17) is 4.42 Å².